The largest absolute Gasteiger partial charge is 0.355 e. The molecule has 1 saturated heterocycles. The van der Waals surface area contributed by atoms with E-state index in [0.29, 0.717) is 12.9 Å². The lowest BCUT2D eigenvalue weighted by molar-refractivity contribution is -0.137. The van der Waals surface area contributed by atoms with Crippen LogP contribution in [-0.4, -0.2) is 32.6 Å². The lowest BCUT2D eigenvalue weighted by Gasteiger charge is -2.22. The lowest BCUT2D eigenvalue weighted by atomic mass is 10.2. The van der Waals surface area contributed by atoms with Gasteiger partial charge in [-0.3, -0.25) is 0 Å². The second-order valence-electron chi connectivity index (χ2n) is 2.81. The first-order chi connectivity index (χ1) is 5.43. The van der Waals surface area contributed by atoms with Crippen molar-refractivity contribution < 1.29 is 9.47 Å². The van der Waals surface area contributed by atoms with Gasteiger partial charge in [0, 0.05) is 6.54 Å². The molecular formula is C8H17NO2. The highest BCUT2D eigenvalue weighted by Gasteiger charge is 2.12. The molecule has 11 heavy (non-hydrogen) atoms. The van der Waals surface area contributed by atoms with Crippen LogP contribution in [0, 0.1) is 0 Å². The summed E-state index contributed by atoms with van der Waals surface area (Å²) in [5, 5.41) is 3.32. The highest BCUT2D eigenvalue weighted by atomic mass is 16.7. The maximum Gasteiger partial charge on any atom is 0.147 e. The fourth-order valence-corrected chi connectivity index (χ4v) is 1.10. The predicted molar refractivity (Wildman–Crippen MR) is 43.5 cm³/mol. The van der Waals surface area contributed by atoms with Gasteiger partial charge in [0.25, 0.3) is 0 Å². The van der Waals surface area contributed by atoms with Crippen molar-refractivity contribution in [1.29, 1.82) is 0 Å². The van der Waals surface area contributed by atoms with Gasteiger partial charge in [-0.25, -0.2) is 0 Å². The molecule has 1 aliphatic heterocycles. The molecule has 3 nitrogen and oxygen atoms in total. The molecule has 1 atom stereocenters. The maximum atomic E-state index is 5.34. The average molecular weight is 159 g/mol. The van der Waals surface area contributed by atoms with Gasteiger partial charge in [-0.2, -0.15) is 0 Å². The number of rotatable bonds is 4. The van der Waals surface area contributed by atoms with Gasteiger partial charge >= 0.3 is 0 Å². The molecule has 1 N–H and O–H groups in total. The Hall–Kier alpha value is -0.120. The summed E-state index contributed by atoms with van der Waals surface area (Å²) in [7, 11) is 0. The lowest BCUT2D eigenvalue weighted by Crippen LogP contribution is -2.34. The van der Waals surface area contributed by atoms with E-state index >= 15 is 0 Å². The van der Waals surface area contributed by atoms with Crippen LogP contribution in [-0.2, 0) is 9.47 Å². The molecule has 0 radical (unpaired) electrons. The number of hydrogen-bond donors (Lipinski definition) is 1. The fourth-order valence-electron chi connectivity index (χ4n) is 1.10. The Kier molecular flexibility index (Phi) is 4.50. The normalized spacial score (nSPS) is 25.4. The van der Waals surface area contributed by atoms with Crippen molar-refractivity contribution in [1.82, 2.24) is 5.32 Å². The summed E-state index contributed by atoms with van der Waals surface area (Å²) >= 11 is 0. The van der Waals surface area contributed by atoms with Crippen LogP contribution < -0.4 is 5.32 Å². The van der Waals surface area contributed by atoms with Crippen molar-refractivity contribution in [3.05, 3.63) is 0 Å². The van der Waals surface area contributed by atoms with Gasteiger partial charge in [-0.15, -0.1) is 0 Å². The average Bonchev–Trinajstić information content (AvgIpc) is 2.07. The molecule has 66 valence electrons. The molecule has 3 heteroatoms. The van der Waals surface area contributed by atoms with Crippen LogP contribution >= 0.6 is 0 Å². The van der Waals surface area contributed by atoms with Gasteiger partial charge in [-0.1, -0.05) is 6.92 Å². The molecule has 0 saturated carbocycles. The Balaban J connectivity index is 1.96. The van der Waals surface area contributed by atoms with E-state index in [-0.39, 0.29) is 0 Å². The SMILES string of the molecule is CCCNCC1CCOCO1. The quantitative estimate of drug-likeness (QED) is 0.614. The third-order valence-corrected chi connectivity index (χ3v) is 1.77. The predicted octanol–water partition coefficient (Wildman–Crippen LogP) is 0.749. The van der Waals surface area contributed by atoms with E-state index in [0.717, 1.165) is 26.1 Å². The maximum absolute atomic E-state index is 5.34. The Morgan fingerprint density at radius 3 is 3.09 bits per heavy atom. The third-order valence-electron chi connectivity index (χ3n) is 1.77. The smallest absolute Gasteiger partial charge is 0.147 e. The summed E-state index contributed by atoms with van der Waals surface area (Å²) in [5.41, 5.74) is 0. The number of hydrogen-bond acceptors (Lipinski definition) is 3. The first-order valence-corrected chi connectivity index (χ1v) is 4.33. The Morgan fingerprint density at radius 2 is 2.45 bits per heavy atom. The minimum Gasteiger partial charge on any atom is -0.355 e. The van der Waals surface area contributed by atoms with E-state index in [9.17, 15) is 0 Å². The van der Waals surface area contributed by atoms with Crippen LogP contribution in [0.2, 0.25) is 0 Å². The van der Waals surface area contributed by atoms with Crippen molar-refractivity contribution in [3.63, 3.8) is 0 Å². The summed E-state index contributed by atoms with van der Waals surface area (Å²) < 4.78 is 10.4. The summed E-state index contributed by atoms with van der Waals surface area (Å²) in [4.78, 5) is 0. The van der Waals surface area contributed by atoms with Crippen LogP contribution in [0.15, 0.2) is 0 Å². The van der Waals surface area contributed by atoms with E-state index in [1.54, 1.807) is 0 Å². The van der Waals surface area contributed by atoms with E-state index in [2.05, 4.69) is 12.2 Å². The van der Waals surface area contributed by atoms with Crippen molar-refractivity contribution >= 4 is 0 Å². The minimum absolute atomic E-state index is 0.371. The first kappa shape index (κ1) is 8.97. The first-order valence-electron chi connectivity index (χ1n) is 4.33. The van der Waals surface area contributed by atoms with Crippen molar-refractivity contribution in [2.75, 3.05) is 26.5 Å². The molecule has 0 amide bonds. The van der Waals surface area contributed by atoms with Gasteiger partial charge in [-0.05, 0) is 19.4 Å². The molecule has 0 aromatic carbocycles. The third kappa shape index (κ3) is 3.70. The summed E-state index contributed by atoms with van der Waals surface area (Å²) in [5.74, 6) is 0. The standard InChI is InChI=1S/C8H17NO2/c1-2-4-9-6-8-3-5-10-7-11-8/h8-9H,2-7H2,1H3. The van der Waals surface area contributed by atoms with Gasteiger partial charge < -0.3 is 14.8 Å². The van der Waals surface area contributed by atoms with Gasteiger partial charge in [0.2, 0.25) is 0 Å². The molecule has 0 bridgehead atoms. The topological polar surface area (TPSA) is 30.5 Å². The van der Waals surface area contributed by atoms with Crippen molar-refractivity contribution in [2.45, 2.75) is 25.9 Å². The Morgan fingerprint density at radius 1 is 1.55 bits per heavy atom. The van der Waals surface area contributed by atoms with E-state index in [1.807, 2.05) is 0 Å². The number of ether oxygens (including phenoxy) is 2. The second kappa shape index (κ2) is 5.52. The van der Waals surface area contributed by atoms with Gasteiger partial charge in [0.05, 0.1) is 12.7 Å². The minimum atomic E-state index is 0.371. The summed E-state index contributed by atoms with van der Waals surface area (Å²) in [6.07, 6.45) is 2.58. The molecule has 1 aliphatic rings. The van der Waals surface area contributed by atoms with E-state index in [1.165, 1.54) is 6.42 Å². The van der Waals surface area contributed by atoms with Crippen LogP contribution in [0.3, 0.4) is 0 Å². The number of nitrogens with one attached hydrogen (secondary N) is 1. The van der Waals surface area contributed by atoms with Gasteiger partial charge in [0.1, 0.15) is 6.79 Å². The second-order valence-corrected chi connectivity index (χ2v) is 2.81. The summed E-state index contributed by atoms with van der Waals surface area (Å²) in [6.45, 7) is 5.53. The molecule has 0 spiro atoms. The zero-order valence-electron chi connectivity index (χ0n) is 7.14. The molecule has 0 aromatic heterocycles. The van der Waals surface area contributed by atoms with E-state index < -0.39 is 0 Å². The monoisotopic (exact) mass is 159 g/mol. The molecule has 1 unspecified atom stereocenters. The summed E-state index contributed by atoms with van der Waals surface area (Å²) in [6, 6.07) is 0. The fraction of sp³-hybridized carbons (Fsp3) is 1.00. The molecule has 0 aliphatic carbocycles. The van der Waals surface area contributed by atoms with Gasteiger partial charge in [0.15, 0.2) is 0 Å². The Bertz CT molecular complexity index is 92.1. The van der Waals surface area contributed by atoms with Crippen LogP contribution in [0.25, 0.3) is 0 Å². The van der Waals surface area contributed by atoms with Crippen LogP contribution in [0.4, 0.5) is 0 Å². The zero-order chi connectivity index (χ0) is 7.94. The van der Waals surface area contributed by atoms with Crippen LogP contribution in [0.1, 0.15) is 19.8 Å². The Labute approximate surface area is 68.1 Å². The molecular weight excluding hydrogens is 142 g/mol. The molecule has 1 heterocycles. The zero-order valence-corrected chi connectivity index (χ0v) is 7.14. The molecule has 0 aromatic rings. The van der Waals surface area contributed by atoms with Crippen LogP contribution in [0.5, 0.6) is 0 Å². The highest BCUT2D eigenvalue weighted by Crippen LogP contribution is 2.03. The molecule has 1 fully saturated rings. The van der Waals surface area contributed by atoms with E-state index in [4.69, 9.17) is 9.47 Å². The molecule has 1 rings (SSSR count). The highest BCUT2D eigenvalue weighted by molar-refractivity contribution is 4.62. The van der Waals surface area contributed by atoms with Crippen molar-refractivity contribution in [2.24, 2.45) is 0 Å². The van der Waals surface area contributed by atoms with Crippen molar-refractivity contribution in [3.8, 4) is 0 Å².